The zero-order valence-electron chi connectivity index (χ0n) is 9.12. The van der Waals surface area contributed by atoms with E-state index < -0.39 is 0 Å². The minimum absolute atomic E-state index is 0.560. The van der Waals surface area contributed by atoms with Crippen molar-refractivity contribution in [3.8, 4) is 0 Å². The van der Waals surface area contributed by atoms with E-state index in [2.05, 4.69) is 30.2 Å². The lowest BCUT2D eigenvalue weighted by atomic mass is 10.0. The summed E-state index contributed by atoms with van der Waals surface area (Å²) in [7, 11) is 1.97. The van der Waals surface area contributed by atoms with Crippen LogP contribution in [0, 0.1) is 5.92 Å². The maximum Gasteiger partial charge on any atom is 0.0629 e. The molecule has 1 aromatic rings. The van der Waals surface area contributed by atoms with Gasteiger partial charge in [-0.3, -0.25) is 4.98 Å². The molecule has 1 heterocycles. The molecule has 0 saturated heterocycles. The second kappa shape index (κ2) is 5.55. The van der Waals surface area contributed by atoms with E-state index in [-0.39, 0.29) is 0 Å². The van der Waals surface area contributed by atoms with Crippen molar-refractivity contribution in [2.75, 3.05) is 13.6 Å². The number of hydrogen-bond donors (Lipinski definition) is 1. The summed E-state index contributed by atoms with van der Waals surface area (Å²) in [5.41, 5.74) is 2.41. The van der Waals surface area contributed by atoms with Gasteiger partial charge in [0.1, 0.15) is 0 Å². The summed E-state index contributed by atoms with van der Waals surface area (Å²) in [6.45, 7) is 5.33. The van der Waals surface area contributed by atoms with Gasteiger partial charge < -0.3 is 5.32 Å². The molecular weight excluding hydrogens is 172 g/mol. The van der Waals surface area contributed by atoms with Gasteiger partial charge in [-0.25, -0.2) is 0 Å². The van der Waals surface area contributed by atoms with Crippen LogP contribution >= 0.6 is 0 Å². The van der Waals surface area contributed by atoms with E-state index >= 15 is 0 Å². The van der Waals surface area contributed by atoms with Crippen molar-refractivity contribution in [2.24, 2.45) is 5.92 Å². The molecule has 0 bridgehead atoms. The van der Waals surface area contributed by atoms with Gasteiger partial charge in [-0.15, -0.1) is 0 Å². The molecule has 0 atom stereocenters. The third-order valence-corrected chi connectivity index (χ3v) is 2.14. The average Bonchev–Trinajstić information content (AvgIpc) is 2.18. The minimum atomic E-state index is 0.560. The third kappa shape index (κ3) is 3.30. The van der Waals surface area contributed by atoms with E-state index in [0.717, 1.165) is 12.2 Å². The molecule has 0 unspecified atom stereocenters. The lowest BCUT2D eigenvalue weighted by molar-refractivity contribution is 0.712. The number of nitrogens with one attached hydrogen (secondary N) is 1. The van der Waals surface area contributed by atoms with E-state index in [0.29, 0.717) is 5.92 Å². The number of hydrogen-bond acceptors (Lipinski definition) is 2. The average molecular weight is 190 g/mol. The van der Waals surface area contributed by atoms with E-state index in [1.807, 2.05) is 31.4 Å². The summed E-state index contributed by atoms with van der Waals surface area (Å²) in [5, 5.41) is 3.17. The molecule has 0 radical (unpaired) electrons. The summed E-state index contributed by atoms with van der Waals surface area (Å²) in [4.78, 5) is 4.28. The smallest absolute Gasteiger partial charge is 0.0629 e. The number of aromatic nitrogens is 1. The Hall–Kier alpha value is -1.15. The van der Waals surface area contributed by atoms with Gasteiger partial charge in [0.25, 0.3) is 0 Å². The third-order valence-electron chi connectivity index (χ3n) is 2.14. The number of pyridine rings is 1. The van der Waals surface area contributed by atoms with Gasteiger partial charge in [-0.1, -0.05) is 25.5 Å². The topological polar surface area (TPSA) is 24.9 Å². The maximum absolute atomic E-state index is 4.28. The van der Waals surface area contributed by atoms with Crippen LogP contribution in [0.2, 0.25) is 0 Å². The number of likely N-dealkylation sites (N-methyl/N-ethyl adjacent to an activating group) is 1. The molecule has 14 heavy (non-hydrogen) atoms. The molecule has 0 spiro atoms. The van der Waals surface area contributed by atoms with Gasteiger partial charge in [0.05, 0.1) is 5.69 Å². The lowest BCUT2D eigenvalue weighted by Crippen LogP contribution is -2.13. The minimum Gasteiger partial charge on any atom is -0.316 e. The van der Waals surface area contributed by atoms with Crippen molar-refractivity contribution in [1.82, 2.24) is 10.3 Å². The normalized spacial score (nSPS) is 12.1. The molecule has 0 saturated carbocycles. The van der Waals surface area contributed by atoms with Gasteiger partial charge >= 0.3 is 0 Å². The summed E-state index contributed by atoms with van der Waals surface area (Å²) in [5.74, 6) is 0.560. The zero-order valence-corrected chi connectivity index (χ0v) is 9.12. The maximum atomic E-state index is 4.28. The van der Waals surface area contributed by atoms with Crippen LogP contribution < -0.4 is 5.32 Å². The Morgan fingerprint density at radius 1 is 1.50 bits per heavy atom. The SMILES string of the molecule is CNCC(=Cc1ccccn1)C(C)C. The molecule has 0 aliphatic carbocycles. The highest BCUT2D eigenvalue weighted by molar-refractivity contribution is 5.49. The van der Waals surface area contributed by atoms with Crippen molar-refractivity contribution in [3.63, 3.8) is 0 Å². The van der Waals surface area contributed by atoms with E-state index in [1.54, 1.807) is 0 Å². The first kappa shape index (κ1) is 10.9. The Morgan fingerprint density at radius 2 is 2.29 bits per heavy atom. The van der Waals surface area contributed by atoms with Crippen molar-refractivity contribution in [3.05, 3.63) is 35.7 Å². The Labute approximate surface area is 86.1 Å². The zero-order chi connectivity index (χ0) is 10.4. The largest absolute Gasteiger partial charge is 0.316 e. The fourth-order valence-electron chi connectivity index (χ4n) is 1.28. The van der Waals surface area contributed by atoms with Gasteiger partial charge in [-0.05, 0) is 31.2 Å². The van der Waals surface area contributed by atoms with Crippen LogP contribution in [0.5, 0.6) is 0 Å². The lowest BCUT2D eigenvalue weighted by Gasteiger charge is -2.10. The first-order chi connectivity index (χ1) is 6.74. The molecule has 0 aliphatic rings. The molecule has 2 nitrogen and oxygen atoms in total. The number of rotatable bonds is 4. The van der Waals surface area contributed by atoms with Crippen LogP contribution in [0.4, 0.5) is 0 Å². The molecule has 1 aromatic heterocycles. The monoisotopic (exact) mass is 190 g/mol. The highest BCUT2D eigenvalue weighted by Gasteiger charge is 2.01. The fraction of sp³-hybridized carbons (Fsp3) is 0.417. The second-order valence-corrected chi connectivity index (χ2v) is 3.66. The standard InChI is InChI=1S/C12H18N2/c1-10(2)11(9-13-3)8-12-6-4-5-7-14-12/h4-8,10,13H,9H2,1-3H3. The molecule has 1 rings (SSSR count). The Kier molecular flexibility index (Phi) is 4.33. The van der Waals surface area contributed by atoms with Crippen LogP contribution in [0.3, 0.4) is 0 Å². The first-order valence-electron chi connectivity index (χ1n) is 5.00. The van der Waals surface area contributed by atoms with Gasteiger partial charge in [0.15, 0.2) is 0 Å². The Balaban J connectivity index is 2.82. The van der Waals surface area contributed by atoms with Crippen molar-refractivity contribution < 1.29 is 0 Å². The highest BCUT2D eigenvalue weighted by atomic mass is 14.8. The Morgan fingerprint density at radius 3 is 2.79 bits per heavy atom. The molecule has 2 heteroatoms. The predicted octanol–water partition coefficient (Wildman–Crippen LogP) is 2.34. The fourth-order valence-corrected chi connectivity index (χ4v) is 1.28. The van der Waals surface area contributed by atoms with Gasteiger partial charge in [-0.2, -0.15) is 0 Å². The van der Waals surface area contributed by atoms with E-state index in [4.69, 9.17) is 0 Å². The quantitative estimate of drug-likeness (QED) is 0.788. The molecule has 0 fully saturated rings. The summed E-state index contributed by atoms with van der Waals surface area (Å²) >= 11 is 0. The van der Waals surface area contributed by atoms with E-state index in [1.165, 1.54) is 5.57 Å². The van der Waals surface area contributed by atoms with Crippen molar-refractivity contribution in [1.29, 1.82) is 0 Å². The highest BCUT2D eigenvalue weighted by Crippen LogP contribution is 2.12. The van der Waals surface area contributed by atoms with Crippen molar-refractivity contribution >= 4 is 6.08 Å². The van der Waals surface area contributed by atoms with Crippen LogP contribution in [0.15, 0.2) is 30.0 Å². The molecule has 0 aromatic carbocycles. The molecular formula is C12H18N2. The van der Waals surface area contributed by atoms with Crippen molar-refractivity contribution in [2.45, 2.75) is 13.8 Å². The molecule has 76 valence electrons. The van der Waals surface area contributed by atoms with Crippen LogP contribution in [0.25, 0.3) is 6.08 Å². The molecule has 0 aliphatic heterocycles. The van der Waals surface area contributed by atoms with Gasteiger partial charge in [0, 0.05) is 12.7 Å². The first-order valence-corrected chi connectivity index (χ1v) is 5.00. The van der Waals surface area contributed by atoms with E-state index in [9.17, 15) is 0 Å². The molecule has 1 N–H and O–H groups in total. The molecule has 0 amide bonds. The van der Waals surface area contributed by atoms with Crippen LogP contribution in [0.1, 0.15) is 19.5 Å². The Bertz CT molecular complexity index is 288. The predicted molar refractivity (Wildman–Crippen MR) is 61.0 cm³/mol. The second-order valence-electron chi connectivity index (χ2n) is 3.66. The summed E-state index contributed by atoms with van der Waals surface area (Å²) < 4.78 is 0. The summed E-state index contributed by atoms with van der Waals surface area (Å²) in [6, 6.07) is 5.97. The van der Waals surface area contributed by atoms with Gasteiger partial charge in [0.2, 0.25) is 0 Å². The summed E-state index contributed by atoms with van der Waals surface area (Å²) in [6.07, 6.45) is 3.98. The number of nitrogens with zero attached hydrogens (tertiary/aromatic N) is 1. The van der Waals surface area contributed by atoms with Crippen LogP contribution in [-0.2, 0) is 0 Å². The van der Waals surface area contributed by atoms with Crippen LogP contribution in [-0.4, -0.2) is 18.6 Å².